The Labute approximate surface area is 192 Å². The summed E-state index contributed by atoms with van der Waals surface area (Å²) in [4.78, 5) is 22.4. The van der Waals surface area contributed by atoms with Crippen molar-refractivity contribution in [3.8, 4) is 5.75 Å². The van der Waals surface area contributed by atoms with Crippen molar-refractivity contribution in [2.24, 2.45) is 0 Å². The first kappa shape index (κ1) is 23.0. The molecular weight excluding hydrogens is 430 g/mol. The van der Waals surface area contributed by atoms with Gasteiger partial charge in [0.2, 0.25) is 0 Å². The Morgan fingerprint density at radius 3 is 2.52 bits per heavy atom. The van der Waals surface area contributed by atoms with Gasteiger partial charge in [0.1, 0.15) is 11.3 Å². The van der Waals surface area contributed by atoms with Crippen molar-refractivity contribution in [1.29, 1.82) is 0 Å². The standard InChI is InChI=1S/C24H25N3O2S.ClH/c1-16-12-13-20(29-4)21-22(16)30-24(25-21)27(15-14-26(2)3)23(28)19-11-7-9-17-8-5-6-10-18(17)19;/h5-13H,14-15H2,1-4H3;1H. The number of likely N-dealkylation sites (N-methyl/N-ethyl adjacent to an activating group) is 1. The maximum absolute atomic E-state index is 13.7. The van der Waals surface area contributed by atoms with Gasteiger partial charge in [-0.15, -0.1) is 12.4 Å². The van der Waals surface area contributed by atoms with E-state index >= 15 is 0 Å². The van der Waals surface area contributed by atoms with Crippen LogP contribution in [-0.2, 0) is 0 Å². The molecule has 0 spiro atoms. The molecule has 0 saturated carbocycles. The Morgan fingerprint density at radius 2 is 1.77 bits per heavy atom. The Bertz CT molecular complexity index is 1220. The van der Waals surface area contributed by atoms with Crippen LogP contribution in [0.5, 0.6) is 5.75 Å². The summed E-state index contributed by atoms with van der Waals surface area (Å²) in [6.07, 6.45) is 0. The van der Waals surface area contributed by atoms with Crippen LogP contribution in [-0.4, -0.2) is 50.1 Å². The number of benzene rings is 3. The van der Waals surface area contributed by atoms with Crippen LogP contribution in [0.1, 0.15) is 15.9 Å². The molecule has 0 N–H and O–H groups in total. The Kier molecular flexibility index (Phi) is 7.15. The molecule has 31 heavy (non-hydrogen) atoms. The number of hydrogen-bond donors (Lipinski definition) is 0. The molecule has 7 heteroatoms. The highest BCUT2D eigenvalue weighted by atomic mass is 35.5. The van der Waals surface area contributed by atoms with Crippen molar-refractivity contribution in [3.05, 3.63) is 65.7 Å². The summed E-state index contributed by atoms with van der Waals surface area (Å²) in [5.41, 5.74) is 2.62. The van der Waals surface area contributed by atoms with Crippen LogP contribution in [0.2, 0.25) is 0 Å². The number of aryl methyl sites for hydroxylation is 1. The van der Waals surface area contributed by atoms with E-state index in [1.807, 2.05) is 68.7 Å². The highest BCUT2D eigenvalue weighted by Crippen LogP contribution is 2.37. The highest BCUT2D eigenvalue weighted by Gasteiger charge is 2.24. The largest absolute Gasteiger partial charge is 0.494 e. The quantitative estimate of drug-likeness (QED) is 0.390. The maximum Gasteiger partial charge on any atom is 0.260 e. The van der Waals surface area contributed by atoms with Gasteiger partial charge in [0.15, 0.2) is 5.13 Å². The molecule has 0 radical (unpaired) electrons. The van der Waals surface area contributed by atoms with E-state index in [4.69, 9.17) is 9.72 Å². The molecule has 162 valence electrons. The fourth-order valence-electron chi connectivity index (χ4n) is 3.52. The van der Waals surface area contributed by atoms with Gasteiger partial charge in [0.25, 0.3) is 5.91 Å². The van der Waals surface area contributed by atoms with Gasteiger partial charge in [0.05, 0.1) is 11.8 Å². The van der Waals surface area contributed by atoms with Crippen LogP contribution < -0.4 is 9.64 Å². The smallest absolute Gasteiger partial charge is 0.260 e. The Hall–Kier alpha value is -2.67. The normalized spacial score (nSPS) is 11.0. The molecule has 0 aliphatic carbocycles. The number of nitrogens with zero attached hydrogens (tertiary/aromatic N) is 3. The molecule has 1 amide bonds. The molecule has 4 rings (SSSR count). The average molecular weight is 456 g/mol. The number of aromatic nitrogens is 1. The number of anilines is 1. The lowest BCUT2D eigenvalue weighted by Gasteiger charge is -2.22. The summed E-state index contributed by atoms with van der Waals surface area (Å²) in [6.45, 7) is 3.35. The lowest BCUT2D eigenvalue weighted by molar-refractivity contribution is 0.0987. The van der Waals surface area contributed by atoms with Crippen molar-refractivity contribution >= 4 is 55.8 Å². The second-order valence-corrected chi connectivity index (χ2v) is 8.52. The van der Waals surface area contributed by atoms with Gasteiger partial charge in [-0.05, 0) is 49.5 Å². The summed E-state index contributed by atoms with van der Waals surface area (Å²) in [6, 6.07) is 17.8. The topological polar surface area (TPSA) is 45.7 Å². The fraction of sp³-hybridized carbons (Fsp3) is 0.250. The second kappa shape index (κ2) is 9.64. The first-order chi connectivity index (χ1) is 14.5. The SMILES string of the molecule is COc1ccc(C)c2sc(N(CCN(C)C)C(=O)c3cccc4ccccc34)nc12.Cl. The van der Waals surface area contributed by atoms with Gasteiger partial charge in [-0.3, -0.25) is 9.69 Å². The fourth-order valence-corrected chi connectivity index (χ4v) is 4.60. The van der Waals surface area contributed by atoms with Gasteiger partial charge in [-0.2, -0.15) is 0 Å². The molecule has 0 atom stereocenters. The predicted molar refractivity (Wildman–Crippen MR) is 132 cm³/mol. The van der Waals surface area contributed by atoms with Crippen LogP contribution in [0, 0.1) is 6.92 Å². The molecule has 1 heterocycles. The molecule has 0 aliphatic heterocycles. The number of thiazole rings is 1. The molecule has 0 bridgehead atoms. The van der Waals surface area contributed by atoms with Gasteiger partial charge in [0, 0.05) is 18.7 Å². The third-order valence-electron chi connectivity index (χ3n) is 5.18. The van der Waals surface area contributed by atoms with Crippen molar-refractivity contribution < 1.29 is 9.53 Å². The van der Waals surface area contributed by atoms with E-state index < -0.39 is 0 Å². The maximum atomic E-state index is 13.7. The van der Waals surface area contributed by atoms with Crippen LogP contribution in [0.3, 0.4) is 0 Å². The van der Waals surface area contributed by atoms with E-state index in [0.29, 0.717) is 17.2 Å². The number of methoxy groups -OCH3 is 1. The third kappa shape index (κ3) is 4.51. The van der Waals surface area contributed by atoms with Crippen LogP contribution in [0.15, 0.2) is 54.6 Å². The summed E-state index contributed by atoms with van der Waals surface area (Å²) in [5, 5.41) is 2.70. The van der Waals surface area contributed by atoms with Crippen molar-refractivity contribution in [2.45, 2.75) is 6.92 Å². The Morgan fingerprint density at radius 1 is 1.03 bits per heavy atom. The van der Waals surface area contributed by atoms with Crippen molar-refractivity contribution in [2.75, 3.05) is 39.2 Å². The van der Waals surface area contributed by atoms with Gasteiger partial charge >= 0.3 is 0 Å². The number of ether oxygens (including phenoxy) is 1. The molecule has 0 saturated heterocycles. The number of halogens is 1. The molecule has 0 aliphatic rings. The van der Waals surface area contributed by atoms with Crippen LogP contribution in [0.4, 0.5) is 5.13 Å². The molecule has 1 aromatic heterocycles. The molecule has 5 nitrogen and oxygen atoms in total. The predicted octanol–water partition coefficient (Wildman–Crippen LogP) is 5.40. The number of amides is 1. The highest BCUT2D eigenvalue weighted by molar-refractivity contribution is 7.22. The number of fused-ring (bicyclic) bond motifs is 2. The summed E-state index contributed by atoms with van der Waals surface area (Å²) < 4.78 is 6.56. The average Bonchev–Trinajstić information content (AvgIpc) is 3.19. The monoisotopic (exact) mass is 455 g/mol. The van der Waals surface area contributed by atoms with E-state index in [0.717, 1.165) is 38.8 Å². The first-order valence-corrected chi connectivity index (χ1v) is 10.7. The van der Waals surface area contributed by atoms with Gasteiger partial charge in [-0.25, -0.2) is 4.98 Å². The van der Waals surface area contributed by atoms with E-state index in [1.54, 1.807) is 12.0 Å². The van der Waals surface area contributed by atoms with E-state index in [1.165, 1.54) is 11.3 Å². The third-order valence-corrected chi connectivity index (χ3v) is 6.39. The lowest BCUT2D eigenvalue weighted by atomic mass is 10.0. The van der Waals surface area contributed by atoms with Crippen molar-refractivity contribution in [1.82, 2.24) is 9.88 Å². The minimum absolute atomic E-state index is 0. The summed E-state index contributed by atoms with van der Waals surface area (Å²) >= 11 is 1.54. The summed E-state index contributed by atoms with van der Waals surface area (Å²) in [7, 11) is 5.66. The van der Waals surface area contributed by atoms with Crippen LogP contribution >= 0.6 is 23.7 Å². The number of rotatable bonds is 6. The molecular formula is C24H26ClN3O2S. The zero-order chi connectivity index (χ0) is 21.3. The molecule has 3 aromatic carbocycles. The van der Waals surface area contributed by atoms with E-state index in [9.17, 15) is 4.79 Å². The first-order valence-electron chi connectivity index (χ1n) is 9.88. The minimum atomic E-state index is -0.0377. The molecule has 0 fully saturated rings. The van der Waals surface area contributed by atoms with Crippen molar-refractivity contribution in [3.63, 3.8) is 0 Å². The van der Waals surface area contributed by atoms with E-state index in [-0.39, 0.29) is 18.3 Å². The zero-order valence-electron chi connectivity index (χ0n) is 18.1. The molecule has 0 unspecified atom stereocenters. The second-order valence-electron chi connectivity index (χ2n) is 7.55. The van der Waals surface area contributed by atoms with Gasteiger partial charge < -0.3 is 9.64 Å². The number of carbonyl (C=O) groups excluding carboxylic acids is 1. The minimum Gasteiger partial charge on any atom is -0.494 e. The molecule has 4 aromatic rings. The zero-order valence-corrected chi connectivity index (χ0v) is 19.7. The van der Waals surface area contributed by atoms with Crippen LogP contribution in [0.25, 0.3) is 21.0 Å². The number of carbonyl (C=O) groups is 1. The van der Waals surface area contributed by atoms with E-state index in [2.05, 4.69) is 11.8 Å². The summed E-state index contributed by atoms with van der Waals surface area (Å²) in [5.74, 6) is 0.688. The number of hydrogen-bond acceptors (Lipinski definition) is 5. The Balaban J connectivity index is 0.00000272. The van der Waals surface area contributed by atoms with Gasteiger partial charge in [-0.1, -0.05) is 53.8 Å². The lowest BCUT2D eigenvalue weighted by Crippen LogP contribution is -2.36.